The van der Waals surface area contributed by atoms with Crippen molar-refractivity contribution in [1.29, 1.82) is 0 Å². The number of allylic oxidation sites excluding steroid dienone is 12. The molecule has 0 spiro atoms. The summed E-state index contributed by atoms with van der Waals surface area (Å²) in [6.45, 7) is 1.89. The summed E-state index contributed by atoms with van der Waals surface area (Å²) in [5.41, 5.74) is 12.8. The highest BCUT2D eigenvalue weighted by molar-refractivity contribution is 6.39. The lowest BCUT2D eigenvalue weighted by molar-refractivity contribution is 0.0609. The largest absolute Gasteiger partial charge is 0.478 e. The first-order valence-corrected chi connectivity index (χ1v) is 22.9. The highest BCUT2D eigenvalue weighted by Gasteiger charge is 2.29. The van der Waals surface area contributed by atoms with Crippen LogP contribution in [0.1, 0.15) is 76.2 Å². The highest BCUT2D eigenvalue weighted by Crippen LogP contribution is 2.39. The number of ether oxygens (including phenoxy) is 1. The minimum atomic E-state index is -1.09. The lowest BCUT2D eigenvalue weighted by Gasteiger charge is -2.21. The number of rotatable bonds is 11. The van der Waals surface area contributed by atoms with E-state index >= 15 is 0 Å². The molecule has 73 heavy (non-hydrogen) atoms. The van der Waals surface area contributed by atoms with Crippen LogP contribution in [-0.2, 0) is 11.3 Å². The summed E-state index contributed by atoms with van der Waals surface area (Å²) in [5, 5.41) is 30.5. The van der Waals surface area contributed by atoms with Crippen molar-refractivity contribution in [3.05, 3.63) is 249 Å². The normalized spacial score (nSPS) is 15.4. The van der Waals surface area contributed by atoms with Crippen molar-refractivity contribution in [2.75, 3.05) is 6.54 Å². The Morgan fingerprint density at radius 3 is 1.05 bits per heavy atom. The fourth-order valence-corrected chi connectivity index (χ4v) is 8.68. The van der Waals surface area contributed by atoms with Crippen LogP contribution in [0, 0.1) is 0 Å². The van der Waals surface area contributed by atoms with Gasteiger partial charge in [0.25, 0.3) is 5.91 Å². The first kappa shape index (κ1) is 46.6. The van der Waals surface area contributed by atoms with E-state index in [0.717, 1.165) is 5.56 Å². The molecule has 0 atom stereocenters. The topological polar surface area (TPSA) is 220 Å². The number of benzene rings is 5. The number of hydrogen-bond acceptors (Lipinski definition) is 10. The van der Waals surface area contributed by atoms with Gasteiger partial charge < -0.3 is 20.1 Å². The molecule has 10 rings (SSSR count). The third-order valence-corrected chi connectivity index (χ3v) is 12.3. The molecule has 0 saturated heterocycles. The van der Waals surface area contributed by atoms with Gasteiger partial charge >= 0.3 is 24.0 Å². The van der Waals surface area contributed by atoms with Gasteiger partial charge in [-0.1, -0.05) is 78.9 Å². The van der Waals surface area contributed by atoms with Crippen molar-refractivity contribution in [2.45, 2.75) is 13.5 Å². The molecule has 15 heteroatoms. The fourth-order valence-electron chi connectivity index (χ4n) is 8.68. The van der Waals surface area contributed by atoms with E-state index in [-0.39, 0.29) is 35.4 Å². The molecule has 5 aliphatic heterocycles. The van der Waals surface area contributed by atoms with Crippen LogP contribution < -0.4 is 5.43 Å². The monoisotopic (exact) mass is 964 g/mol. The van der Waals surface area contributed by atoms with Crippen LogP contribution in [0.3, 0.4) is 0 Å². The predicted molar refractivity (Wildman–Crippen MR) is 277 cm³/mol. The van der Waals surface area contributed by atoms with E-state index in [2.05, 4.69) is 5.43 Å². The van der Waals surface area contributed by atoms with E-state index in [1.54, 1.807) is 67.6 Å². The Morgan fingerprint density at radius 2 is 0.753 bits per heavy atom. The first-order chi connectivity index (χ1) is 35.4. The Morgan fingerprint density at radius 1 is 0.438 bits per heavy atom. The molecule has 5 aromatic carbocycles. The van der Waals surface area contributed by atoms with Crippen LogP contribution in [0.15, 0.2) is 219 Å². The molecule has 0 aromatic heterocycles. The lowest BCUT2D eigenvalue weighted by Crippen LogP contribution is -2.46. The van der Waals surface area contributed by atoms with Gasteiger partial charge in [0.2, 0.25) is 0 Å². The van der Waals surface area contributed by atoms with Crippen molar-refractivity contribution in [3.63, 3.8) is 0 Å². The van der Waals surface area contributed by atoms with Crippen LogP contribution in [0.5, 0.6) is 0 Å². The van der Waals surface area contributed by atoms with Crippen molar-refractivity contribution in [2.24, 2.45) is 20.0 Å². The average Bonchev–Trinajstić information content (AvgIpc) is 4.27. The Hall–Kier alpha value is -10.2. The molecule has 0 unspecified atom stereocenters. The molecular formula is C58H40N6O9. The Labute approximate surface area is 416 Å². The van der Waals surface area contributed by atoms with Gasteiger partial charge in [-0.2, -0.15) is 0 Å². The molecule has 15 nitrogen and oxygen atoms in total. The number of nitrogens with zero attached hydrogens (tertiary/aromatic N) is 5. The summed E-state index contributed by atoms with van der Waals surface area (Å²) in [7, 11) is 0. The van der Waals surface area contributed by atoms with E-state index < -0.39 is 29.9 Å². The van der Waals surface area contributed by atoms with Crippen molar-refractivity contribution in [1.82, 2.24) is 10.4 Å². The third kappa shape index (κ3) is 9.48. The molecule has 2 amide bonds. The molecule has 8 bridgehead atoms. The number of carboxylic acids is 3. The zero-order valence-electron chi connectivity index (χ0n) is 38.7. The summed E-state index contributed by atoms with van der Waals surface area (Å²) in [5.74, 6) is -3.73. The predicted octanol–water partition coefficient (Wildman–Crippen LogP) is 10.1. The summed E-state index contributed by atoms with van der Waals surface area (Å²) in [4.78, 5) is 83.3. The summed E-state index contributed by atoms with van der Waals surface area (Å²) in [6, 6.07) is 35.2. The number of carbonyl (C=O) groups excluding carboxylic acids is 2. The minimum absolute atomic E-state index is 0.0216. The lowest BCUT2D eigenvalue weighted by atomic mass is 9.97. The fraction of sp³-hybridized carbons (Fsp3) is 0.0517. The zero-order chi connectivity index (χ0) is 50.8. The Bertz CT molecular complexity index is 3530. The second-order valence-corrected chi connectivity index (χ2v) is 16.8. The molecule has 356 valence electrons. The number of nitrogens with one attached hydrogen (secondary N) is 1. The van der Waals surface area contributed by atoms with Gasteiger partial charge in [-0.05, 0) is 132 Å². The molecule has 4 N–H and O–H groups in total. The van der Waals surface area contributed by atoms with Gasteiger partial charge in [0.1, 0.15) is 6.61 Å². The first-order valence-electron chi connectivity index (χ1n) is 22.9. The maximum absolute atomic E-state index is 13.9. The van der Waals surface area contributed by atoms with Gasteiger partial charge in [0.05, 0.1) is 62.3 Å². The van der Waals surface area contributed by atoms with Gasteiger partial charge in [-0.15, -0.1) is 0 Å². The smallest absolute Gasteiger partial charge is 0.426 e. The number of amides is 2. The van der Waals surface area contributed by atoms with Gasteiger partial charge in [0.15, 0.2) is 0 Å². The molecule has 5 heterocycles. The van der Waals surface area contributed by atoms with Crippen LogP contribution in [0.4, 0.5) is 4.79 Å². The maximum Gasteiger partial charge on any atom is 0.426 e. The number of hydrogen-bond donors (Lipinski definition) is 4. The number of carboxylic acid groups (broad SMARTS) is 3. The second-order valence-electron chi connectivity index (χ2n) is 16.8. The molecule has 5 aromatic rings. The quantitative estimate of drug-likeness (QED) is 0.0924. The Kier molecular flexibility index (Phi) is 12.6. The molecule has 0 aliphatic carbocycles. The highest BCUT2D eigenvalue weighted by atomic mass is 16.6. The molecule has 5 aliphatic rings. The standard InChI is InChI=1S/C58H40N6O9/c1-2-64(63-58(72)73-32-33-6-4-3-5-7-33)54(65)38-16-8-34(9-17-38)50-42-24-26-44(59-42)51(35-10-18-39(19-11-35)55(66)67)46-28-30-48(61-46)53(37-14-22-41(23-15-37)57(70)71)49-31-29-47(62-49)52(45-27-25-43(50)60-45)36-12-20-40(21-13-36)56(68)69/h3-31H,2,32H2,1H3,(H,63,72)(H,66,67)(H,68,69)(H,70,71). The van der Waals surface area contributed by atoms with E-state index in [9.17, 15) is 39.3 Å². The van der Waals surface area contributed by atoms with Gasteiger partial charge in [0, 0.05) is 34.4 Å². The molecular weight excluding hydrogens is 925 g/mol. The van der Waals surface area contributed by atoms with E-state index in [0.29, 0.717) is 90.2 Å². The molecule has 0 radical (unpaired) electrons. The number of fused-ring (bicyclic) bond motifs is 4. The summed E-state index contributed by atoms with van der Waals surface area (Å²) < 4.78 is 5.37. The number of hydrazine groups is 1. The molecule has 0 fully saturated rings. The average molecular weight is 965 g/mol. The van der Waals surface area contributed by atoms with Gasteiger partial charge in [-0.3, -0.25) is 4.79 Å². The summed E-state index contributed by atoms with van der Waals surface area (Å²) >= 11 is 0. The third-order valence-electron chi connectivity index (χ3n) is 12.3. The SMILES string of the molecule is CCN(NC(=O)OCc1ccccc1)C(=O)c1ccc(C2=C3C=CC(=N3)C(c3ccc(C(=O)O)cc3)=C3C=CC(=N3)C(c3ccc(C(=O)O)cc3)=C3C=CC(=N3)C(c3ccc(C(=O)O)cc3)=C3C=CC2=N3)cc1. The molecule has 0 saturated carbocycles. The minimum Gasteiger partial charge on any atom is -0.478 e. The second kappa shape index (κ2) is 19.7. The summed E-state index contributed by atoms with van der Waals surface area (Å²) in [6.07, 6.45) is 13.9. The van der Waals surface area contributed by atoms with Crippen LogP contribution >= 0.6 is 0 Å². The van der Waals surface area contributed by atoms with Crippen LogP contribution in [0.2, 0.25) is 0 Å². The number of aliphatic imine (C=N–C) groups is 4. The van der Waals surface area contributed by atoms with Crippen molar-refractivity contribution < 1.29 is 44.0 Å². The van der Waals surface area contributed by atoms with E-state index in [1.165, 1.54) is 41.4 Å². The van der Waals surface area contributed by atoms with E-state index in [1.807, 2.05) is 78.9 Å². The van der Waals surface area contributed by atoms with Crippen LogP contribution in [-0.4, -0.2) is 79.6 Å². The zero-order valence-corrected chi connectivity index (χ0v) is 38.7. The Balaban J connectivity index is 1.13. The number of aromatic carboxylic acids is 3. The van der Waals surface area contributed by atoms with E-state index in [4.69, 9.17) is 24.7 Å². The maximum atomic E-state index is 13.9. The van der Waals surface area contributed by atoms with Gasteiger partial charge in [-0.25, -0.2) is 49.6 Å². The van der Waals surface area contributed by atoms with Crippen molar-refractivity contribution >= 4 is 75.0 Å². The number of carbonyl (C=O) groups is 5. The van der Waals surface area contributed by atoms with Crippen LogP contribution in [0.25, 0.3) is 22.3 Å². The van der Waals surface area contributed by atoms with Crippen molar-refractivity contribution in [3.8, 4) is 0 Å².